The lowest BCUT2D eigenvalue weighted by Gasteiger charge is -2.56. The van der Waals surface area contributed by atoms with E-state index in [2.05, 4.69) is 6.58 Å². The molecule has 1 aromatic carbocycles. The van der Waals surface area contributed by atoms with Crippen molar-refractivity contribution in [2.24, 2.45) is 23.2 Å². The lowest BCUT2D eigenvalue weighted by Crippen LogP contribution is -2.47. The van der Waals surface area contributed by atoms with Crippen molar-refractivity contribution < 1.29 is 12.6 Å². The van der Waals surface area contributed by atoms with Crippen LogP contribution in [0.25, 0.3) is 0 Å². The van der Waals surface area contributed by atoms with E-state index in [-0.39, 0.29) is 10.3 Å². The molecule has 3 nitrogen and oxygen atoms in total. The van der Waals surface area contributed by atoms with E-state index >= 15 is 0 Å². The third-order valence-electron chi connectivity index (χ3n) is 6.15. The van der Waals surface area contributed by atoms with Crippen molar-refractivity contribution in [2.45, 2.75) is 50.3 Å². The number of hydrogen-bond acceptors (Lipinski definition) is 3. The molecule has 4 saturated carbocycles. The van der Waals surface area contributed by atoms with E-state index < -0.39 is 10.1 Å². The van der Waals surface area contributed by atoms with E-state index in [1.165, 1.54) is 19.3 Å². The second kappa shape index (κ2) is 5.10. The van der Waals surface area contributed by atoms with Crippen LogP contribution in [0.1, 0.15) is 44.1 Å². The summed E-state index contributed by atoms with van der Waals surface area (Å²) in [6, 6.07) is 6.81. The van der Waals surface area contributed by atoms with Crippen LogP contribution >= 0.6 is 0 Å². The predicted molar refractivity (Wildman–Crippen MR) is 89.2 cm³/mol. The maximum absolute atomic E-state index is 12.6. The van der Waals surface area contributed by atoms with E-state index in [0.29, 0.717) is 5.76 Å². The minimum atomic E-state index is -3.77. The molecule has 4 aliphatic carbocycles. The van der Waals surface area contributed by atoms with Gasteiger partial charge in [-0.1, -0.05) is 24.3 Å². The molecule has 0 aliphatic heterocycles. The van der Waals surface area contributed by atoms with E-state index in [1.54, 1.807) is 24.3 Å². The van der Waals surface area contributed by atoms with Crippen LogP contribution in [0.4, 0.5) is 0 Å². The SMILES string of the molecule is C=C(OS(=O)(=O)c1ccc(C)cc1)C12CC3CC(CC(C3)C1)C2. The van der Waals surface area contributed by atoms with E-state index in [0.717, 1.165) is 42.6 Å². The summed E-state index contributed by atoms with van der Waals surface area (Å²) in [4.78, 5) is 0.217. The molecule has 0 aromatic heterocycles. The van der Waals surface area contributed by atoms with Crippen LogP contribution in [-0.2, 0) is 14.3 Å². The highest BCUT2D eigenvalue weighted by Gasteiger charge is 2.53. The fraction of sp³-hybridized carbons (Fsp3) is 0.579. The van der Waals surface area contributed by atoms with E-state index in [1.807, 2.05) is 6.92 Å². The first-order valence-electron chi connectivity index (χ1n) is 8.57. The molecule has 5 rings (SSSR count). The molecule has 4 bridgehead atoms. The zero-order valence-electron chi connectivity index (χ0n) is 13.6. The molecular formula is C19H24O3S. The van der Waals surface area contributed by atoms with Crippen LogP contribution in [0.2, 0.25) is 0 Å². The monoisotopic (exact) mass is 332 g/mol. The zero-order chi connectivity index (χ0) is 16.2. The third-order valence-corrected chi connectivity index (χ3v) is 7.42. The molecule has 0 saturated heterocycles. The molecule has 0 atom stereocenters. The van der Waals surface area contributed by atoms with Crippen molar-refractivity contribution in [3.8, 4) is 0 Å². The normalized spacial score (nSPS) is 35.3. The van der Waals surface area contributed by atoms with Gasteiger partial charge >= 0.3 is 10.1 Å². The highest BCUT2D eigenvalue weighted by Crippen LogP contribution is 2.62. The molecule has 0 radical (unpaired) electrons. The van der Waals surface area contributed by atoms with Gasteiger partial charge < -0.3 is 4.18 Å². The topological polar surface area (TPSA) is 43.4 Å². The zero-order valence-corrected chi connectivity index (χ0v) is 14.4. The average Bonchev–Trinajstić information content (AvgIpc) is 2.45. The Morgan fingerprint density at radius 2 is 1.52 bits per heavy atom. The van der Waals surface area contributed by atoms with Crippen molar-refractivity contribution in [3.63, 3.8) is 0 Å². The lowest BCUT2D eigenvalue weighted by atomic mass is 9.49. The molecule has 4 fully saturated rings. The van der Waals surface area contributed by atoms with Crippen LogP contribution in [0, 0.1) is 30.1 Å². The van der Waals surface area contributed by atoms with E-state index in [9.17, 15) is 8.42 Å². The van der Waals surface area contributed by atoms with Gasteiger partial charge in [-0.05, 0) is 75.3 Å². The molecule has 0 heterocycles. The summed E-state index contributed by atoms with van der Waals surface area (Å²) in [5.41, 5.74) is 0.927. The van der Waals surface area contributed by atoms with Crippen molar-refractivity contribution in [1.29, 1.82) is 0 Å². The molecule has 23 heavy (non-hydrogen) atoms. The predicted octanol–water partition coefficient (Wildman–Crippen LogP) is 4.43. The summed E-state index contributed by atoms with van der Waals surface area (Å²) in [5, 5.41) is 0. The molecule has 4 heteroatoms. The largest absolute Gasteiger partial charge is 0.384 e. The van der Waals surface area contributed by atoms with Crippen molar-refractivity contribution in [2.75, 3.05) is 0 Å². The highest BCUT2D eigenvalue weighted by molar-refractivity contribution is 7.86. The molecule has 0 amide bonds. The summed E-state index contributed by atoms with van der Waals surface area (Å²) < 4.78 is 30.7. The minimum Gasteiger partial charge on any atom is -0.384 e. The van der Waals surface area contributed by atoms with Gasteiger partial charge in [0.05, 0.1) is 0 Å². The summed E-state index contributed by atoms with van der Waals surface area (Å²) in [7, 11) is -3.77. The van der Waals surface area contributed by atoms with Gasteiger partial charge in [-0.25, -0.2) is 0 Å². The molecule has 0 unspecified atom stereocenters. The standard InChI is InChI=1S/C19H24O3S/c1-13-3-5-18(6-4-13)23(20,21)22-14(2)19-10-15-7-16(11-19)9-17(8-15)12-19/h3-6,15-17H,2,7-12H2,1H3. The van der Waals surface area contributed by atoms with Crippen molar-refractivity contribution in [3.05, 3.63) is 42.2 Å². The van der Waals surface area contributed by atoms with Gasteiger partial charge in [-0.2, -0.15) is 8.42 Å². The van der Waals surface area contributed by atoms with Crippen LogP contribution in [0.5, 0.6) is 0 Å². The smallest absolute Gasteiger partial charge is 0.338 e. The Labute approximate surface area is 138 Å². The fourth-order valence-corrected chi connectivity index (χ4v) is 6.43. The Morgan fingerprint density at radius 3 is 2.00 bits per heavy atom. The van der Waals surface area contributed by atoms with Crippen molar-refractivity contribution >= 4 is 10.1 Å². The first kappa shape index (κ1) is 15.3. The Hall–Kier alpha value is -1.29. The Bertz CT molecular complexity index is 695. The minimum absolute atomic E-state index is 0.105. The van der Waals surface area contributed by atoms with Crippen molar-refractivity contribution in [1.82, 2.24) is 0 Å². The maximum atomic E-state index is 12.6. The van der Waals surface area contributed by atoms with Gasteiger partial charge in [0.15, 0.2) is 0 Å². The third kappa shape index (κ3) is 2.61. The number of allylic oxidation sites excluding steroid dienone is 1. The average molecular weight is 332 g/mol. The van der Waals surface area contributed by atoms with Crippen LogP contribution in [0.3, 0.4) is 0 Å². The molecule has 0 spiro atoms. The van der Waals surface area contributed by atoms with Gasteiger partial charge in [-0.15, -0.1) is 0 Å². The number of benzene rings is 1. The van der Waals surface area contributed by atoms with E-state index in [4.69, 9.17) is 4.18 Å². The second-order valence-corrected chi connectivity index (χ2v) is 9.52. The van der Waals surface area contributed by atoms with Gasteiger partial charge in [0.2, 0.25) is 0 Å². The van der Waals surface area contributed by atoms with Crippen LogP contribution in [-0.4, -0.2) is 8.42 Å². The lowest BCUT2D eigenvalue weighted by molar-refractivity contribution is -0.0465. The Morgan fingerprint density at radius 1 is 1.04 bits per heavy atom. The summed E-state index contributed by atoms with van der Waals surface area (Å²) in [5.74, 6) is 2.70. The highest BCUT2D eigenvalue weighted by atomic mass is 32.2. The summed E-state index contributed by atoms with van der Waals surface area (Å²) in [6.07, 6.45) is 7.12. The van der Waals surface area contributed by atoms with Gasteiger partial charge in [0.1, 0.15) is 10.7 Å². The molecule has 1 aromatic rings. The molecule has 124 valence electrons. The van der Waals surface area contributed by atoms with Crippen LogP contribution < -0.4 is 0 Å². The first-order valence-corrected chi connectivity index (χ1v) is 9.98. The van der Waals surface area contributed by atoms with Crippen LogP contribution in [0.15, 0.2) is 41.5 Å². The maximum Gasteiger partial charge on any atom is 0.338 e. The fourth-order valence-electron chi connectivity index (χ4n) is 5.43. The Kier molecular flexibility index (Phi) is 3.38. The first-order chi connectivity index (χ1) is 10.9. The molecule has 4 aliphatic rings. The summed E-state index contributed by atoms with van der Waals surface area (Å²) in [6.45, 7) is 6.01. The second-order valence-electron chi connectivity index (χ2n) is 7.97. The molecular weight excluding hydrogens is 308 g/mol. The number of aryl methyl sites for hydroxylation is 1. The quantitative estimate of drug-likeness (QED) is 0.605. The number of hydrogen-bond donors (Lipinski definition) is 0. The van der Waals surface area contributed by atoms with Gasteiger partial charge in [0, 0.05) is 5.41 Å². The summed E-state index contributed by atoms with van der Waals surface area (Å²) >= 11 is 0. The van der Waals surface area contributed by atoms with Gasteiger partial charge in [0.25, 0.3) is 0 Å². The van der Waals surface area contributed by atoms with Gasteiger partial charge in [-0.3, -0.25) is 0 Å². The number of rotatable bonds is 4. The Balaban J connectivity index is 1.57. The molecule has 0 N–H and O–H groups in total.